The van der Waals surface area contributed by atoms with Crippen molar-refractivity contribution in [2.75, 3.05) is 6.61 Å². The number of aliphatic hydroxyl groups is 4. The zero-order valence-electron chi connectivity index (χ0n) is 51.1. The second-order valence-corrected chi connectivity index (χ2v) is 24.2. The lowest BCUT2D eigenvalue weighted by Crippen LogP contribution is -2.53. The van der Waals surface area contributed by atoms with Gasteiger partial charge in [-0.1, -0.05) is 366 Å². The Bertz CT molecular complexity index is 1100. The number of rotatable bonds is 65. The van der Waals surface area contributed by atoms with Crippen LogP contribution in [0, 0.1) is 0 Å². The highest BCUT2D eigenvalue weighted by Gasteiger charge is 2.28. The van der Waals surface area contributed by atoms with E-state index in [0.29, 0.717) is 12.8 Å². The molecule has 448 valence electrons. The Balaban J connectivity index is 3.54. The van der Waals surface area contributed by atoms with Crippen molar-refractivity contribution in [3.63, 3.8) is 0 Å². The number of carbonyl (C=O) groups is 1. The van der Waals surface area contributed by atoms with Crippen molar-refractivity contribution in [1.29, 1.82) is 0 Å². The Morgan fingerprint density at radius 2 is 0.547 bits per heavy atom. The first-order valence-electron chi connectivity index (χ1n) is 34.6. The monoisotopic (exact) mass is 1060 g/mol. The predicted octanol–water partition coefficient (Wildman–Crippen LogP) is 21.2. The van der Waals surface area contributed by atoms with E-state index in [1.807, 2.05) is 0 Å². The van der Waals surface area contributed by atoms with Gasteiger partial charge in [0.2, 0.25) is 5.91 Å². The van der Waals surface area contributed by atoms with Crippen molar-refractivity contribution < 1.29 is 25.2 Å². The SMILES string of the molecule is CCCCCCCCCCCCCCCCCCCCCCCCCC/C=C/CCCC(O)C(O)C(CO)NC(=O)C(O)CCCCCCCCCCCCCCCCCCCCCCCCCCCCCCCC. The minimum atomic E-state index is -1.28. The summed E-state index contributed by atoms with van der Waals surface area (Å²) in [6.45, 7) is 4.11. The first-order chi connectivity index (χ1) is 37.0. The predicted molar refractivity (Wildman–Crippen MR) is 330 cm³/mol. The van der Waals surface area contributed by atoms with Crippen LogP contribution in [0.4, 0.5) is 0 Å². The molecule has 75 heavy (non-hydrogen) atoms. The molecule has 0 saturated carbocycles. The second-order valence-electron chi connectivity index (χ2n) is 24.2. The van der Waals surface area contributed by atoms with Crippen LogP contribution in [0.3, 0.4) is 0 Å². The van der Waals surface area contributed by atoms with Gasteiger partial charge in [-0.25, -0.2) is 0 Å². The van der Waals surface area contributed by atoms with Crippen LogP contribution in [-0.2, 0) is 4.79 Å². The van der Waals surface area contributed by atoms with Crippen molar-refractivity contribution >= 4 is 5.91 Å². The van der Waals surface area contributed by atoms with Gasteiger partial charge in [-0.2, -0.15) is 0 Å². The summed E-state index contributed by atoms with van der Waals surface area (Å²) in [4.78, 5) is 12.7. The summed E-state index contributed by atoms with van der Waals surface area (Å²) in [5.41, 5.74) is 0. The molecule has 0 radical (unpaired) electrons. The fourth-order valence-corrected chi connectivity index (χ4v) is 11.4. The number of amides is 1. The molecule has 0 heterocycles. The first-order valence-corrected chi connectivity index (χ1v) is 34.6. The van der Waals surface area contributed by atoms with E-state index in [0.717, 1.165) is 38.5 Å². The van der Waals surface area contributed by atoms with E-state index >= 15 is 0 Å². The van der Waals surface area contributed by atoms with E-state index in [1.165, 1.54) is 327 Å². The Morgan fingerprint density at radius 3 is 0.800 bits per heavy atom. The van der Waals surface area contributed by atoms with E-state index < -0.39 is 36.9 Å². The molecular formula is C69H137NO5. The van der Waals surface area contributed by atoms with Gasteiger partial charge in [-0.05, 0) is 38.5 Å². The highest BCUT2D eigenvalue weighted by molar-refractivity contribution is 5.80. The lowest BCUT2D eigenvalue weighted by molar-refractivity contribution is -0.132. The van der Waals surface area contributed by atoms with Crippen molar-refractivity contribution in [1.82, 2.24) is 5.32 Å². The smallest absolute Gasteiger partial charge is 0.249 e. The van der Waals surface area contributed by atoms with Gasteiger partial charge in [0, 0.05) is 0 Å². The Labute approximate surface area is 470 Å². The zero-order chi connectivity index (χ0) is 54.4. The molecule has 0 aliphatic rings. The number of unbranched alkanes of at least 4 members (excludes halogenated alkanes) is 54. The lowest BCUT2D eigenvalue weighted by atomic mass is 10.00. The molecule has 4 atom stereocenters. The van der Waals surface area contributed by atoms with Crippen LogP contribution in [0.15, 0.2) is 12.2 Å². The summed E-state index contributed by atoms with van der Waals surface area (Å²) in [5, 5.41) is 44.2. The van der Waals surface area contributed by atoms with E-state index in [9.17, 15) is 25.2 Å². The minimum Gasteiger partial charge on any atom is -0.394 e. The molecule has 0 rings (SSSR count). The number of hydrogen-bond donors (Lipinski definition) is 5. The quantitative estimate of drug-likeness (QED) is 0.0308. The van der Waals surface area contributed by atoms with Crippen molar-refractivity contribution in [3.8, 4) is 0 Å². The van der Waals surface area contributed by atoms with Crippen LogP contribution in [0.25, 0.3) is 0 Å². The minimum absolute atomic E-state index is 0.369. The average Bonchev–Trinajstić information content (AvgIpc) is 3.42. The van der Waals surface area contributed by atoms with Gasteiger partial charge in [-0.3, -0.25) is 4.79 Å². The van der Waals surface area contributed by atoms with Gasteiger partial charge in [0.25, 0.3) is 0 Å². The molecule has 0 bridgehead atoms. The normalized spacial score (nSPS) is 13.5. The first kappa shape index (κ1) is 74.0. The topological polar surface area (TPSA) is 110 Å². The van der Waals surface area contributed by atoms with Crippen LogP contribution in [0.5, 0.6) is 0 Å². The van der Waals surface area contributed by atoms with E-state index in [4.69, 9.17) is 0 Å². The molecule has 0 aliphatic heterocycles. The van der Waals surface area contributed by atoms with Gasteiger partial charge >= 0.3 is 0 Å². The summed E-state index contributed by atoms with van der Waals surface area (Å²) < 4.78 is 0. The molecule has 1 amide bonds. The Kier molecular flexibility index (Phi) is 63.1. The maximum atomic E-state index is 12.7. The molecule has 0 aromatic carbocycles. The largest absolute Gasteiger partial charge is 0.394 e. The maximum Gasteiger partial charge on any atom is 0.249 e. The number of allylic oxidation sites excluding steroid dienone is 2. The molecule has 5 N–H and O–H groups in total. The molecule has 0 aliphatic carbocycles. The molecule has 0 spiro atoms. The van der Waals surface area contributed by atoms with E-state index in [1.54, 1.807) is 0 Å². The maximum absolute atomic E-state index is 12.7. The molecule has 6 heteroatoms. The molecule has 0 aromatic rings. The summed E-state index contributed by atoms with van der Waals surface area (Å²) in [5.74, 6) is -0.584. The van der Waals surface area contributed by atoms with Crippen LogP contribution < -0.4 is 5.32 Å². The fourth-order valence-electron chi connectivity index (χ4n) is 11.4. The van der Waals surface area contributed by atoms with Crippen molar-refractivity contribution in [3.05, 3.63) is 12.2 Å². The van der Waals surface area contributed by atoms with Gasteiger partial charge in [0.05, 0.1) is 18.8 Å². The number of carbonyl (C=O) groups excluding carboxylic acids is 1. The summed E-state index contributed by atoms with van der Waals surface area (Å²) in [6.07, 6.45) is 79.1. The van der Waals surface area contributed by atoms with Gasteiger partial charge in [0.1, 0.15) is 12.2 Å². The van der Waals surface area contributed by atoms with Crippen LogP contribution >= 0.6 is 0 Å². The average molecular weight is 1060 g/mol. The summed E-state index contributed by atoms with van der Waals surface area (Å²) in [7, 11) is 0. The number of nitrogens with one attached hydrogen (secondary N) is 1. The van der Waals surface area contributed by atoms with Crippen molar-refractivity contribution in [2.24, 2.45) is 0 Å². The highest BCUT2D eigenvalue weighted by atomic mass is 16.3. The molecule has 0 aromatic heterocycles. The lowest BCUT2D eigenvalue weighted by Gasteiger charge is -2.27. The number of hydrogen-bond acceptors (Lipinski definition) is 5. The van der Waals surface area contributed by atoms with E-state index in [2.05, 4.69) is 31.3 Å². The van der Waals surface area contributed by atoms with Crippen molar-refractivity contribution in [2.45, 2.75) is 417 Å². The van der Waals surface area contributed by atoms with Crippen LogP contribution in [-0.4, -0.2) is 57.3 Å². The third kappa shape index (κ3) is 57.5. The molecule has 0 fully saturated rings. The van der Waals surface area contributed by atoms with Gasteiger partial charge < -0.3 is 25.7 Å². The Morgan fingerprint density at radius 1 is 0.320 bits per heavy atom. The zero-order valence-corrected chi connectivity index (χ0v) is 51.1. The highest BCUT2D eigenvalue weighted by Crippen LogP contribution is 2.20. The van der Waals surface area contributed by atoms with Gasteiger partial charge in [-0.15, -0.1) is 0 Å². The molecule has 4 unspecified atom stereocenters. The number of aliphatic hydroxyl groups excluding tert-OH is 4. The summed E-state index contributed by atoms with van der Waals surface area (Å²) >= 11 is 0. The standard InChI is InChI=1S/C69H137NO5/c1-3-5-7-9-11-13-15-17-19-21-23-25-27-29-31-33-35-37-39-41-43-45-47-49-51-53-55-57-59-61-63-67(73)69(75)70-65(64-71)68(74)66(72)62-60-58-56-54-52-50-48-46-44-42-40-38-36-34-32-30-28-26-24-22-20-18-16-14-12-10-8-6-4-2/h54,56,65-68,71-74H,3-53,55,57-64H2,1-2H3,(H,70,75)/b56-54+. The fraction of sp³-hybridized carbons (Fsp3) is 0.957. The van der Waals surface area contributed by atoms with Crippen LogP contribution in [0.2, 0.25) is 0 Å². The molecule has 0 saturated heterocycles. The Hall–Kier alpha value is -0.950. The molecule has 6 nitrogen and oxygen atoms in total. The summed E-state index contributed by atoms with van der Waals surface area (Å²) in [6, 6.07) is -1.00. The van der Waals surface area contributed by atoms with Gasteiger partial charge in [0.15, 0.2) is 0 Å². The third-order valence-corrected chi connectivity index (χ3v) is 16.7. The second kappa shape index (κ2) is 63.9. The van der Waals surface area contributed by atoms with Crippen LogP contribution in [0.1, 0.15) is 393 Å². The third-order valence-electron chi connectivity index (χ3n) is 16.7. The van der Waals surface area contributed by atoms with E-state index in [-0.39, 0.29) is 0 Å². The molecular weight excluding hydrogens is 923 g/mol.